The van der Waals surface area contributed by atoms with Crippen LogP contribution in [0.5, 0.6) is 5.75 Å². The van der Waals surface area contributed by atoms with Crippen molar-refractivity contribution >= 4 is 5.69 Å². The summed E-state index contributed by atoms with van der Waals surface area (Å²) in [6.45, 7) is 3.25. The summed E-state index contributed by atoms with van der Waals surface area (Å²) in [7, 11) is 3.59. The van der Waals surface area contributed by atoms with Crippen molar-refractivity contribution in [2.45, 2.75) is 82.8 Å². The number of benzene rings is 1. The average Bonchev–Trinajstić information content (AvgIpc) is 3.09. The lowest BCUT2D eigenvalue weighted by molar-refractivity contribution is -0.136. The van der Waals surface area contributed by atoms with Gasteiger partial charge in [0.05, 0.1) is 18.8 Å². The first kappa shape index (κ1) is 22.5. The van der Waals surface area contributed by atoms with Crippen molar-refractivity contribution in [3.8, 4) is 5.75 Å². The van der Waals surface area contributed by atoms with Crippen molar-refractivity contribution in [1.29, 1.82) is 0 Å². The van der Waals surface area contributed by atoms with Gasteiger partial charge in [-0.05, 0) is 123 Å². The molecule has 2 unspecified atom stereocenters. The summed E-state index contributed by atoms with van der Waals surface area (Å²) in [5, 5.41) is 15.5. The molecule has 0 spiro atoms. The monoisotopic (exact) mass is 441 g/mol. The van der Waals surface area contributed by atoms with Crippen molar-refractivity contribution in [2.24, 2.45) is 35.0 Å². The molecule has 4 heteroatoms. The standard InChI is InChI=1S/C28H43NO3/c1-27-14-12-24-23-11-9-22(32-3)18-19(23)4-10-25(24)26(27)13-15-28(27,30)16-17-29-20-5-7-21(31-2)8-6-20/h5-8,19,22-26,29-30H,4,9-18H2,1-3H3/t19?,22?,23-,24+,25+,26-,27-,28+/m0/s1. The van der Waals surface area contributed by atoms with E-state index in [9.17, 15) is 5.11 Å². The molecular weight excluding hydrogens is 398 g/mol. The summed E-state index contributed by atoms with van der Waals surface area (Å²) in [5.74, 6) is 5.10. The van der Waals surface area contributed by atoms with Crippen LogP contribution in [0.4, 0.5) is 5.69 Å². The molecule has 1 aromatic rings. The van der Waals surface area contributed by atoms with Gasteiger partial charge in [0.1, 0.15) is 5.75 Å². The van der Waals surface area contributed by atoms with E-state index in [4.69, 9.17) is 9.47 Å². The number of nitrogens with one attached hydrogen (secondary N) is 1. The molecule has 0 heterocycles. The van der Waals surface area contributed by atoms with Crippen LogP contribution in [0.1, 0.15) is 71.1 Å². The van der Waals surface area contributed by atoms with Crippen LogP contribution >= 0.6 is 0 Å². The van der Waals surface area contributed by atoms with Gasteiger partial charge in [-0.2, -0.15) is 0 Å². The summed E-state index contributed by atoms with van der Waals surface area (Å²) in [6.07, 6.45) is 12.7. The maximum Gasteiger partial charge on any atom is 0.119 e. The fourth-order valence-corrected chi connectivity index (χ4v) is 8.67. The van der Waals surface area contributed by atoms with Gasteiger partial charge in [0.2, 0.25) is 0 Å². The van der Waals surface area contributed by atoms with E-state index in [1.165, 1.54) is 51.4 Å². The lowest BCUT2D eigenvalue weighted by Crippen LogP contribution is -2.54. The minimum atomic E-state index is -0.535. The molecule has 4 nitrogen and oxygen atoms in total. The Kier molecular flexibility index (Phi) is 6.22. The third-order valence-corrected chi connectivity index (χ3v) is 10.5. The van der Waals surface area contributed by atoms with Crippen molar-refractivity contribution in [1.82, 2.24) is 0 Å². The van der Waals surface area contributed by atoms with Crippen LogP contribution in [-0.4, -0.2) is 37.6 Å². The van der Waals surface area contributed by atoms with E-state index in [-0.39, 0.29) is 5.41 Å². The van der Waals surface area contributed by atoms with Gasteiger partial charge in [0.15, 0.2) is 0 Å². The van der Waals surface area contributed by atoms with Crippen molar-refractivity contribution in [2.75, 3.05) is 26.1 Å². The molecule has 178 valence electrons. The smallest absolute Gasteiger partial charge is 0.119 e. The lowest BCUT2D eigenvalue weighted by Gasteiger charge is -2.57. The highest BCUT2D eigenvalue weighted by molar-refractivity contribution is 5.46. The Hall–Kier alpha value is -1.26. The molecule has 0 bridgehead atoms. The number of rotatable bonds is 6. The number of hydrogen-bond donors (Lipinski definition) is 2. The van der Waals surface area contributed by atoms with Crippen LogP contribution in [0.25, 0.3) is 0 Å². The van der Waals surface area contributed by atoms with E-state index in [2.05, 4.69) is 24.4 Å². The van der Waals surface area contributed by atoms with Gasteiger partial charge < -0.3 is 19.9 Å². The molecule has 0 saturated heterocycles. The first-order valence-electron chi connectivity index (χ1n) is 13.1. The van der Waals surface area contributed by atoms with E-state index >= 15 is 0 Å². The number of ether oxygens (including phenoxy) is 2. The van der Waals surface area contributed by atoms with Gasteiger partial charge in [0, 0.05) is 19.3 Å². The second kappa shape index (κ2) is 8.83. The van der Waals surface area contributed by atoms with Crippen LogP contribution in [-0.2, 0) is 4.74 Å². The van der Waals surface area contributed by atoms with Crippen LogP contribution in [0, 0.1) is 35.0 Å². The highest BCUT2D eigenvalue weighted by Crippen LogP contribution is 2.66. The van der Waals surface area contributed by atoms with E-state index in [1.54, 1.807) is 7.11 Å². The van der Waals surface area contributed by atoms with Gasteiger partial charge >= 0.3 is 0 Å². The topological polar surface area (TPSA) is 50.7 Å². The largest absolute Gasteiger partial charge is 0.497 e. The summed E-state index contributed by atoms with van der Waals surface area (Å²) in [4.78, 5) is 0. The Morgan fingerprint density at radius 1 is 0.938 bits per heavy atom. The molecule has 0 aromatic heterocycles. The third kappa shape index (κ3) is 3.76. The van der Waals surface area contributed by atoms with Gasteiger partial charge in [0.25, 0.3) is 0 Å². The highest BCUT2D eigenvalue weighted by atomic mass is 16.5. The lowest BCUT2D eigenvalue weighted by atomic mass is 9.49. The molecule has 0 aliphatic heterocycles. The highest BCUT2D eigenvalue weighted by Gasteiger charge is 2.62. The minimum Gasteiger partial charge on any atom is -0.497 e. The predicted octanol–water partition coefficient (Wildman–Crippen LogP) is 5.90. The third-order valence-electron chi connectivity index (χ3n) is 10.5. The molecule has 1 aromatic carbocycles. The summed E-state index contributed by atoms with van der Waals surface area (Å²) >= 11 is 0. The van der Waals surface area contributed by atoms with Gasteiger partial charge in [-0.25, -0.2) is 0 Å². The molecule has 0 amide bonds. The molecule has 4 fully saturated rings. The Balaban J connectivity index is 1.23. The number of methoxy groups -OCH3 is 2. The molecule has 4 aliphatic carbocycles. The Bertz CT molecular complexity index is 781. The Labute approximate surface area is 194 Å². The Morgan fingerprint density at radius 2 is 1.72 bits per heavy atom. The normalized spacial score (nSPS) is 43.1. The summed E-state index contributed by atoms with van der Waals surface area (Å²) in [6, 6.07) is 8.09. The fourth-order valence-electron chi connectivity index (χ4n) is 8.67. The van der Waals surface area contributed by atoms with Gasteiger partial charge in [-0.1, -0.05) is 6.92 Å². The molecule has 32 heavy (non-hydrogen) atoms. The zero-order valence-corrected chi connectivity index (χ0v) is 20.3. The second-order valence-electron chi connectivity index (χ2n) is 11.5. The van der Waals surface area contributed by atoms with Crippen LogP contribution in [0.15, 0.2) is 24.3 Å². The molecular formula is C28H43NO3. The first-order chi connectivity index (χ1) is 15.5. The zero-order valence-electron chi connectivity index (χ0n) is 20.3. The quantitative estimate of drug-likeness (QED) is 0.577. The number of aliphatic hydroxyl groups is 1. The minimum absolute atomic E-state index is 0.0757. The maximum atomic E-state index is 11.9. The maximum absolute atomic E-state index is 11.9. The second-order valence-corrected chi connectivity index (χ2v) is 11.5. The fraction of sp³-hybridized carbons (Fsp3) is 0.786. The van der Waals surface area contributed by atoms with E-state index in [0.29, 0.717) is 12.0 Å². The SMILES string of the molecule is COc1ccc(NCC[C@]2(O)CC[C@H]3[C@@H]4CCC5CC(OC)CC[C@@H]5[C@H]4CC[C@@]32C)cc1. The first-order valence-corrected chi connectivity index (χ1v) is 13.1. The summed E-state index contributed by atoms with van der Waals surface area (Å²) in [5.41, 5.74) is 0.640. The van der Waals surface area contributed by atoms with Crippen molar-refractivity contribution < 1.29 is 14.6 Å². The Morgan fingerprint density at radius 3 is 2.47 bits per heavy atom. The number of anilines is 1. The molecule has 8 atom stereocenters. The molecule has 0 radical (unpaired) electrons. The molecule has 2 N–H and O–H groups in total. The number of hydrogen-bond acceptors (Lipinski definition) is 4. The molecule has 4 aliphatic rings. The van der Waals surface area contributed by atoms with Crippen molar-refractivity contribution in [3.63, 3.8) is 0 Å². The van der Waals surface area contributed by atoms with Crippen LogP contribution < -0.4 is 10.1 Å². The van der Waals surface area contributed by atoms with E-state index < -0.39 is 5.60 Å². The van der Waals surface area contributed by atoms with Crippen LogP contribution in [0.2, 0.25) is 0 Å². The van der Waals surface area contributed by atoms with Crippen molar-refractivity contribution in [3.05, 3.63) is 24.3 Å². The van der Waals surface area contributed by atoms with Gasteiger partial charge in [-0.3, -0.25) is 0 Å². The number of fused-ring (bicyclic) bond motifs is 5. The molecule has 4 saturated carbocycles. The van der Waals surface area contributed by atoms with Gasteiger partial charge in [-0.15, -0.1) is 0 Å². The van der Waals surface area contributed by atoms with E-state index in [0.717, 1.165) is 54.5 Å². The molecule has 5 rings (SSSR count). The average molecular weight is 442 g/mol. The summed E-state index contributed by atoms with van der Waals surface area (Å²) < 4.78 is 11.0. The zero-order chi connectivity index (χ0) is 22.3. The van der Waals surface area contributed by atoms with Crippen LogP contribution in [0.3, 0.4) is 0 Å². The predicted molar refractivity (Wildman–Crippen MR) is 129 cm³/mol. The van der Waals surface area contributed by atoms with E-state index in [1.807, 2.05) is 19.2 Å².